The first-order chi connectivity index (χ1) is 11.1. The van der Waals surface area contributed by atoms with Crippen LogP contribution in [0.15, 0.2) is 30.3 Å². The molecule has 1 amide bonds. The number of hydrogen-bond acceptors (Lipinski definition) is 6. The number of amides is 1. The molecule has 0 spiro atoms. The Morgan fingerprint density at radius 1 is 1.33 bits per heavy atom. The molecular weight excluding hydrogens is 348 g/mol. The van der Waals surface area contributed by atoms with E-state index >= 15 is 0 Å². The van der Waals surface area contributed by atoms with Gasteiger partial charge in [0.15, 0.2) is 0 Å². The number of nitrogens with zero attached hydrogens (tertiary/aromatic N) is 2. The van der Waals surface area contributed by atoms with Crippen LogP contribution < -0.4 is 10.6 Å². The van der Waals surface area contributed by atoms with Gasteiger partial charge in [0, 0.05) is 18.5 Å². The Balaban J connectivity index is 0.00000208. The topological polar surface area (TPSA) is 76.1 Å². The smallest absolute Gasteiger partial charge is 0.256 e. The Kier molecular flexibility index (Phi) is 6.28. The molecule has 0 radical (unpaired) electrons. The normalized spacial score (nSPS) is 17.8. The third-order valence-corrected chi connectivity index (χ3v) is 5.07. The van der Waals surface area contributed by atoms with Crippen LogP contribution >= 0.6 is 23.7 Å². The molecule has 1 aromatic carbocycles. The summed E-state index contributed by atoms with van der Waals surface area (Å²) in [4.78, 5) is 12.2. The molecule has 0 bridgehead atoms. The SMILES string of the molecule is CC(C)(c1ccccc1)c1nnc(NC(=O)C2CNCCO2)s1.Cl. The minimum atomic E-state index is -0.474. The number of rotatable bonds is 4. The number of morpholine rings is 1. The van der Waals surface area contributed by atoms with E-state index in [9.17, 15) is 4.79 Å². The van der Waals surface area contributed by atoms with E-state index in [0.29, 0.717) is 18.3 Å². The zero-order valence-electron chi connectivity index (χ0n) is 13.6. The highest BCUT2D eigenvalue weighted by Gasteiger charge is 2.28. The number of benzene rings is 1. The zero-order chi connectivity index (χ0) is 16.3. The summed E-state index contributed by atoms with van der Waals surface area (Å²) in [6.45, 7) is 6.04. The van der Waals surface area contributed by atoms with Crippen molar-refractivity contribution in [3.05, 3.63) is 40.9 Å². The number of hydrogen-bond donors (Lipinski definition) is 2. The number of aromatic nitrogens is 2. The van der Waals surface area contributed by atoms with Crippen LogP contribution in [-0.4, -0.2) is 41.9 Å². The van der Waals surface area contributed by atoms with Gasteiger partial charge in [0.1, 0.15) is 11.1 Å². The summed E-state index contributed by atoms with van der Waals surface area (Å²) in [7, 11) is 0. The van der Waals surface area contributed by atoms with Gasteiger partial charge in [0.05, 0.1) is 6.61 Å². The van der Waals surface area contributed by atoms with E-state index in [0.717, 1.165) is 17.1 Å². The molecule has 1 fully saturated rings. The molecule has 3 rings (SSSR count). The highest BCUT2D eigenvalue weighted by atomic mass is 35.5. The Labute approximate surface area is 151 Å². The fourth-order valence-electron chi connectivity index (χ4n) is 2.42. The standard InChI is InChI=1S/C16H20N4O2S.ClH/c1-16(2,11-6-4-3-5-7-11)14-19-20-15(23-14)18-13(21)12-10-17-8-9-22-12;/h3-7,12,17H,8-10H2,1-2H3,(H,18,20,21);1H. The molecular formula is C16H21ClN4O2S. The van der Waals surface area contributed by atoms with Crippen LogP contribution in [0.4, 0.5) is 5.13 Å². The van der Waals surface area contributed by atoms with Crippen molar-refractivity contribution >= 4 is 34.8 Å². The first-order valence-electron chi connectivity index (χ1n) is 7.60. The predicted octanol–water partition coefficient (Wildman–Crippen LogP) is 2.21. The third kappa shape index (κ3) is 4.10. The van der Waals surface area contributed by atoms with Crippen molar-refractivity contribution in [2.24, 2.45) is 0 Å². The number of nitrogens with one attached hydrogen (secondary N) is 2. The molecule has 0 aliphatic carbocycles. The lowest BCUT2D eigenvalue weighted by atomic mass is 9.85. The Bertz CT molecular complexity index is 672. The summed E-state index contributed by atoms with van der Waals surface area (Å²) in [6, 6.07) is 10.1. The van der Waals surface area contributed by atoms with Gasteiger partial charge in [0.2, 0.25) is 5.13 Å². The van der Waals surface area contributed by atoms with Crippen molar-refractivity contribution in [1.82, 2.24) is 15.5 Å². The van der Waals surface area contributed by atoms with E-state index < -0.39 is 6.10 Å². The lowest BCUT2D eigenvalue weighted by molar-refractivity contribution is -0.128. The quantitative estimate of drug-likeness (QED) is 0.865. The fraction of sp³-hybridized carbons (Fsp3) is 0.438. The zero-order valence-corrected chi connectivity index (χ0v) is 15.2. The van der Waals surface area contributed by atoms with Crippen LogP contribution in [0.2, 0.25) is 0 Å². The highest BCUT2D eigenvalue weighted by molar-refractivity contribution is 7.15. The summed E-state index contributed by atoms with van der Waals surface area (Å²) >= 11 is 1.40. The van der Waals surface area contributed by atoms with Gasteiger partial charge in [-0.25, -0.2) is 0 Å². The Morgan fingerprint density at radius 3 is 2.75 bits per heavy atom. The van der Waals surface area contributed by atoms with Gasteiger partial charge < -0.3 is 10.1 Å². The summed E-state index contributed by atoms with van der Waals surface area (Å²) < 4.78 is 5.44. The molecule has 2 heterocycles. The molecule has 1 aliphatic heterocycles. The highest BCUT2D eigenvalue weighted by Crippen LogP contribution is 2.34. The maximum atomic E-state index is 12.2. The average molecular weight is 369 g/mol. The molecule has 1 aromatic heterocycles. The van der Waals surface area contributed by atoms with Crippen LogP contribution in [0.5, 0.6) is 0 Å². The molecule has 6 nitrogen and oxygen atoms in total. The second-order valence-electron chi connectivity index (χ2n) is 5.96. The van der Waals surface area contributed by atoms with Crippen molar-refractivity contribution < 1.29 is 9.53 Å². The largest absolute Gasteiger partial charge is 0.366 e. The maximum Gasteiger partial charge on any atom is 0.256 e. The molecule has 2 aromatic rings. The predicted molar refractivity (Wildman–Crippen MR) is 97.0 cm³/mol. The van der Waals surface area contributed by atoms with Gasteiger partial charge >= 0.3 is 0 Å². The van der Waals surface area contributed by atoms with Crippen LogP contribution in [0.25, 0.3) is 0 Å². The molecule has 2 N–H and O–H groups in total. The van der Waals surface area contributed by atoms with Gasteiger partial charge in [-0.3, -0.25) is 10.1 Å². The molecule has 8 heteroatoms. The van der Waals surface area contributed by atoms with Crippen molar-refractivity contribution in [3.63, 3.8) is 0 Å². The van der Waals surface area contributed by atoms with Crippen LogP contribution in [0.3, 0.4) is 0 Å². The van der Waals surface area contributed by atoms with Gasteiger partial charge in [-0.15, -0.1) is 22.6 Å². The number of ether oxygens (including phenoxy) is 1. The summed E-state index contributed by atoms with van der Waals surface area (Å²) in [5, 5.41) is 15.7. The number of carbonyl (C=O) groups is 1. The van der Waals surface area contributed by atoms with E-state index in [1.807, 2.05) is 18.2 Å². The van der Waals surface area contributed by atoms with Gasteiger partial charge in [-0.05, 0) is 19.4 Å². The van der Waals surface area contributed by atoms with Gasteiger partial charge in [0.25, 0.3) is 5.91 Å². The molecule has 24 heavy (non-hydrogen) atoms. The molecule has 0 saturated carbocycles. The lowest BCUT2D eigenvalue weighted by Gasteiger charge is -2.22. The van der Waals surface area contributed by atoms with Crippen molar-refractivity contribution in [2.45, 2.75) is 25.4 Å². The van der Waals surface area contributed by atoms with Gasteiger partial charge in [-0.1, -0.05) is 41.7 Å². The van der Waals surface area contributed by atoms with Crippen LogP contribution in [0, 0.1) is 0 Å². The molecule has 1 saturated heterocycles. The van der Waals surface area contributed by atoms with E-state index in [-0.39, 0.29) is 23.7 Å². The van der Waals surface area contributed by atoms with E-state index in [1.165, 1.54) is 11.3 Å². The van der Waals surface area contributed by atoms with Crippen LogP contribution in [0.1, 0.15) is 24.4 Å². The second kappa shape index (κ2) is 8.02. The van der Waals surface area contributed by atoms with Crippen molar-refractivity contribution in [2.75, 3.05) is 25.0 Å². The summed E-state index contributed by atoms with van der Waals surface area (Å²) in [6.07, 6.45) is -0.474. The molecule has 1 unspecified atom stereocenters. The van der Waals surface area contributed by atoms with Crippen LogP contribution in [-0.2, 0) is 14.9 Å². The minimum Gasteiger partial charge on any atom is -0.366 e. The second-order valence-corrected chi connectivity index (χ2v) is 6.93. The number of halogens is 1. The molecule has 130 valence electrons. The van der Waals surface area contributed by atoms with Crippen molar-refractivity contribution in [1.29, 1.82) is 0 Å². The maximum absolute atomic E-state index is 12.2. The summed E-state index contributed by atoms with van der Waals surface area (Å²) in [5.41, 5.74) is 0.902. The molecule has 1 atom stereocenters. The summed E-state index contributed by atoms with van der Waals surface area (Å²) in [5.74, 6) is -0.183. The number of anilines is 1. The third-order valence-electron chi connectivity index (χ3n) is 3.91. The lowest BCUT2D eigenvalue weighted by Crippen LogP contribution is -2.45. The first-order valence-corrected chi connectivity index (χ1v) is 8.42. The minimum absolute atomic E-state index is 0. The number of carbonyl (C=O) groups excluding carboxylic acids is 1. The van der Waals surface area contributed by atoms with Crippen molar-refractivity contribution in [3.8, 4) is 0 Å². The Hall–Kier alpha value is -1.54. The van der Waals surface area contributed by atoms with E-state index in [4.69, 9.17) is 4.74 Å². The monoisotopic (exact) mass is 368 g/mol. The van der Waals surface area contributed by atoms with Gasteiger partial charge in [-0.2, -0.15) is 0 Å². The first kappa shape index (κ1) is 18.8. The van der Waals surface area contributed by atoms with E-state index in [2.05, 4.69) is 46.8 Å². The molecule has 1 aliphatic rings. The average Bonchev–Trinajstić information content (AvgIpc) is 3.06. The Morgan fingerprint density at radius 2 is 2.08 bits per heavy atom. The fourth-order valence-corrected chi connectivity index (χ4v) is 3.30. The van der Waals surface area contributed by atoms with E-state index in [1.54, 1.807) is 0 Å².